The second-order valence-electron chi connectivity index (χ2n) is 9.41. The molecule has 2 amide bonds. The van der Waals surface area contributed by atoms with Crippen molar-refractivity contribution in [3.63, 3.8) is 0 Å². The number of nitrogens with zero attached hydrogens (tertiary/aromatic N) is 4. The van der Waals surface area contributed by atoms with Gasteiger partial charge in [0.05, 0.1) is 5.52 Å². The van der Waals surface area contributed by atoms with Crippen LogP contribution >= 0.6 is 0 Å². The summed E-state index contributed by atoms with van der Waals surface area (Å²) in [6, 6.07) is 5.80. The van der Waals surface area contributed by atoms with Gasteiger partial charge in [0, 0.05) is 62.8 Å². The zero-order valence-corrected chi connectivity index (χ0v) is 19.2. The Morgan fingerprint density at radius 2 is 2.09 bits per heavy atom. The first-order valence-corrected chi connectivity index (χ1v) is 11.8. The number of piperidine rings is 1. The number of aryl methyl sites for hydroxylation is 2. The Morgan fingerprint density at radius 3 is 2.82 bits per heavy atom. The Bertz CT molecular complexity index is 1180. The smallest absolute Gasteiger partial charge is 0.270 e. The summed E-state index contributed by atoms with van der Waals surface area (Å²) in [5, 5.41) is 4.89. The van der Waals surface area contributed by atoms with Gasteiger partial charge in [0.2, 0.25) is 5.91 Å². The molecule has 1 aliphatic heterocycles. The van der Waals surface area contributed by atoms with Crippen molar-refractivity contribution in [2.24, 2.45) is 0 Å². The van der Waals surface area contributed by atoms with Crippen LogP contribution in [0.5, 0.6) is 0 Å². The Balaban J connectivity index is 1.35. The third kappa shape index (κ3) is 4.26. The van der Waals surface area contributed by atoms with Crippen LogP contribution in [0.2, 0.25) is 0 Å². The number of carbonyl (C=O) groups is 2. The summed E-state index contributed by atoms with van der Waals surface area (Å²) in [6.07, 6.45) is 7.66. The number of amides is 2. The SMILES string of the molecule is Cc1cc(C2CCCN(C(=O)CCn3cccn3)C2)c(F)c2[nH]c(C(=O)N(C)C3CC3)cc12. The summed E-state index contributed by atoms with van der Waals surface area (Å²) in [5.41, 5.74) is 2.38. The third-order valence-electron chi connectivity index (χ3n) is 7.06. The van der Waals surface area contributed by atoms with Gasteiger partial charge in [-0.15, -0.1) is 0 Å². The maximum absolute atomic E-state index is 15.7. The highest BCUT2D eigenvalue weighted by molar-refractivity contribution is 5.99. The number of benzene rings is 1. The molecule has 1 atom stereocenters. The van der Waals surface area contributed by atoms with Crippen molar-refractivity contribution in [2.75, 3.05) is 20.1 Å². The number of aromatic amines is 1. The predicted octanol–water partition coefficient (Wildman–Crippen LogP) is 3.84. The molecule has 0 spiro atoms. The maximum atomic E-state index is 15.7. The number of H-pyrrole nitrogens is 1. The lowest BCUT2D eigenvalue weighted by Gasteiger charge is -2.33. The minimum absolute atomic E-state index is 0.0629. The highest BCUT2D eigenvalue weighted by atomic mass is 19.1. The molecule has 7 nitrogen and oxygen atoms in total. The van der Waals surface area contributed by atoms with Crippen molar-refractivity contribution in [1.82, 2.24) is 24.6 Å². The van der Waals surface area contributed by atoms with Gasteiger partial charge in [-0.25, -0.2) is 4.39 Å². The molecule has 1 aliphatic carbocycles. The van der Waals surface area contributed by atoms with Gasteiger partial charge in [0.1, 0.15) is 5.69 Å². The fourth-order valence-electron chi connectivity index (χ4n) is 4.95. The molecule has 174 valence electrons. The van der Waals surface area contributed by atoms with Gasteiger partial charge in [-0.1, -0.05) is 6.07 Å². The van der Waals surface area contributed by atoms with E-state index in [9.17, 15) is 9.59 Å². The number of aromatic nitrogens is 3. The van der Waals surface area contributed by atoms with E-state index >= 15 is 4.39 Å². The fraction of sp³-hybridized carbons (Fsp3) is 0.480. The van der Waals surface area contributed by atoms with Gasteiger partial charge in [0.15, 0.2) is 5.82 Å². The molecule has 3 heterocycles. The molecule has 1 saturated carbocycles. The minimum Gasteiger partial charge on any atom is -0.348 e. The van der Waals surface area contributed by atoms with Crippen LogP contribution in [-0.4, -0.2) is 62.6 Å². The number of hydrogen-bond acceptors (Lipinski definition) is 3. The van der Waals surface area contributed by atoms with Gasteiger partial charge in [0.25, 0.3) is 5.91 Å². The molecule has 2 aromatic heterocycles. The van der Waals surface area contributed by atoms with E-state index in [0.29, 0.717) is 48.9 Å². The van der Waals surface area contributed by atoms with Gasteiger partial charge in [-0.05, 0) is 55.9 Å². The van der Waals surface area contributed by atoms with Crippen molar-refractivity contribution >= 4 is 22.7 Å². The molecule has 33 heavy (non-hydrogen) atoms. The molecule has 3 aromatic rings. The largest absolute Gasteiger partial charge is 0.348 e. The van der Waals surface area contributed by atoms with Crippen LogP contribution in [0.25, 0.3) is 10.9 Å². The molecule has 1 unspecified atom stereocenters. The standard InChI is InChI=1S/C25H30FN5O2/c1-16-13-20(17-5-3-10-30(15-17)22(32)8-12-31-11-4-9-27-31)23(26)24-19(16)14-21(28-24)25(33)29(2)18-6-7-18/h4,9,11,13-14,17-18,28H,3,5-8,10,12,15H2,1-2H3. The first kappa shape index (κ1) is 21.7. The van der Waals surface area contributed by atoms with E-state index in [1.807, 2.05) is 30.2 Å². The summed E-state index contributed by atoms with van der Waals surface area (Å²) < 4.78 is 17.4. The zero-order chi connectivity index (χ0) is 23.1. The number of rotatable bonds is 6. The van der Waals surface area contributed by atoms with Crippen molar-refractivity contribution in [1.29, 1.82) is 0 Å². The van der Waals surface area contributed by atoms with Crippen LogP contribution in [0.15, 0.2) is 30.6 Å². The van der Waals surface area contributed by atoms with Gasteiger partial charge < -0.3 is 14.8 Å². The number of fused-ring (bicyclic) bond motifs is 1. The van der Waals surface area contributed by atoms with E-state index in [0.717, 1.165) is 36.6 Å². The Hall–Kier alpha value is -3.16. The van der Waals surface area contributed by atoms with Crippen LogP contribution in [-0.2, 0) is 11.3 Å². The summed E-state index contributed by atoms with van der Waals surface area (Å²) in [6.45, 7) is 3.71. The molecule has 1 aromatic carbocycles. The van der Waals surface area contributed by atoms with E-state index in [-0.39, 0.29) is 23.5 Å². The van der Waals surface area contributed by atoms with Gasteiger partial charge in [-0.3, -0.25) is 14.3 Å². The van der Waals surface area contributed by atoms with Crippen LogP contribution in [0.1, 0.15) is 59.6 Å². The number of likely N-dealkylation sites (tertiary alicyclic amines) is 1. The molecule has 1 saturated heterocycles. The highest BCUT2D eigenvalue weighted by Gasteiger charge is 2.32. The lowest BCUT2D eigenvalue weighted by Crippen LogP contribution is -2.39. The van der Waals surface area contributed by atoms with E-state index in [1.165, 1.54) is 0 Å². The average Bonchev–Trinajstić information content (AvgIpc) is 3.35. The average molecular weight is 452 g/mol. The van der Waals surface area contributed by atoms with E-state index in [2.05, 4.69) is 10.1 Å². The van der Waals surface area contributed by atoms with Crippen LogP contribution in [0.4, 0.5) is 4.39 Å². The van der Waals surface area contributed by atoms with Crippen molar-refractivity contribution < 1.29 is 14.0 Å². The Morgan fingerprint density at radius 1 is 1.27 bits per heavy atom. The lowest BCUT2D eigenvalue weighted by atomic mass is 9.88. The molecular weight excluding hydrogens is 421 g/mol. The zero-order valence-electron chi connectivity index (χ0n) is 19.2. The molecule has 2 fully saturated rings. The van der Waals surface area contributed by atoms with Crippen molar-refractivity contribution in [3.8, 4) is 0 Å². The first-order valence-electron chi connectivity index (χ1n) is 11.8. The predicted molar refractivity (Wildman–Crippen MR) is 124 cm³/mol. The molecular formula is C25H30FN5O2. The fourth-order valence-corrected chi connectivity index (χ4v) is 4.95. The summed E-state index contributed by atoms with van der Waals surface area (Å²) in [4.78, 5) is 32.2. The normalized spacial score (nSPS) is 18.6. The first-order chi connectivity index (χ1) is 15.9. The highest BCUT2D eigenvalue weighted by Crippen LogP contribution is 2.35. The van der Waals surface area contributed by atoms with Crippen LogP contribution < -0.4 is 0 Å². The van der Waals surface area contributed by atoms with Crippen LogP contribution in [0, 0.1) is 12.7 Å². The van der Waals surface area contributed by atoms with Gasteiger partial charge in [-0.2, -0.15) is 5.10 Å². The van der Waals surface area contributed by atoms with Gasteiger partial charge >= 0.3 is 0 Å². The Kier molecular flexibility index (Phi) is 5.68. The molecule has 1 N–H and O–H groups in total. The number of nitrogens with one attached hydrogen (secondary N) is 1. The summed E-state index contributed by atoms with van der Waals surface area (Å²) in [7, 11) is 1.81. The van der Waals surface area contributed by atoms with E-state index in [1.54, 1.807) is 28.9 Å². The number of carbonyl (C=O) groups excluding carboxylic acids is 2. The van der Waals surface area contributed by atoms with E-state index < -0.39 is 0 Å². The Labute approximate surface area is 192 Å². The topological polar surface area (TPSA) is 74.2 Å². The molecule has 2 aliphatic rings. The monoisotopic (exact) mass is 451 g/mol. The number of hydrogen-bond donors (Lipinski definition) is 1. The van der Waals surface area contributed by atoms with Crippen LogP contribution in [0.3, 0.4) is 0 Å². The molecule has 0 bridgehead atoms. The molecule has 0 radical (unpaired) electrons. The number of halogens is 1. The molecule has 8 heteroatoms. The maximum Gasteiger partial charge on any atom is 0.270 e. The quantitative estimate of drug-likeness (QED) is 0.619. The lowest BCUT2D eigenvalue weighted by molar-refractivity contribution is -0.132. The van der Waals surface area contributed by atoms with E-state index in [4.69, 9.17) is 0 Å². The second kappa shape index (κ2) is 8.65. The second-order valence-corrected chi connectivity index (χ2v) is 9.41. The summed E-state index contributed by atoms with van der Waals surface area (Å²) >= 11 is 0. The molecule has 5 rings (SSSR count). The minimum atomic E-state index is -0.306. The summed E-state index contributed by atoms with van der Waals surface area (Å²) in [5.74, 6) is -0.392. The van der Waals surface area contributed by atoms with Crippen molar-refractivity contribution in [3.05, 3.63) is 53.2 Å². The third-order valence-corrected chi connectivity index (χ3v) is 7.06. The van der Waals surface area contributed by atoms with Crippen molar-refractivity contribution in [2.45, 2.75) is 57.5 Å².